The fourth-order valence-corrected chi connectivity index (χ4v) is 2.12. The van der Waals surface area contributed by atoms with Crippen LogP contribution in [0.4, 0.5) is 10.1 Å². The van der Waals surface area contributed by atoms with E-state index in [0.717, 1.165) is 0 Å². The first kappa shape index (κ1) is 18.5. The lowest BCUT2D eigenvalue weighted by Gasteiger charge is -2.12. The third kappa shape index (κ3) is 4.00. The third-order valence-electron chi connectivity index (χ3n) is 3.23. The van der Waals surface area contributed by atoms with Crippen molar-refractivity contribution in [2.45, 2.75) is 20.8 Å². The molecule has 3 N–H and O–H groups in total. The molecular formula is C18H23FN2O2. The third-order valence-corrected chi connectivity index (χ3v) is 3.23. The van der Waals surface area contributed by atoms with E-state index in [-0.39, 0.29) is 5.75 Å². The first-order chi connectivity index (χ1) is 11.0. The molecule has 5 heteroatoms. The van der Waals surface area contributed by atoms with Crippen molar-refractivity contribution in [1.29, 1.82) is 5.41 Å². The number of nitrogens with one attached hydrogen (secondary N) is 1. The maximum absolute atomic E-state index is 14.4. The minimum absolute atomic E-state index is 0.107. The standard InChI is InChI=1S/C16H17FN2O2.C2H6/c1-9(18)12-5-4-10(6-14(12)19)13-7-11(20-2)8-15(21-3)16(13)17;1-2/h4-8,18H,19H2,1-3H3;1-2H3. The fourth-order valence-electron chi connectivity index (χ4n) is 2.12. The summed E-state index contributed by atoms with van der Waals surface area (Å²) in [7, 11) is 2.91. The Morgan fingerprint density at radius 2 is 1.74 bits per heavy atom. The molecule has 0 bridgehead atoms. The SMILES string of the molecule is CC.COc1cc(OC)c(F)c(-c2ccc(C(C)=N)c(N)c2)c1. The Morgan fingerprint density at radius 1 is 1.09 bits per heavy atom. The van der Waals surface area contributed by atoms with Gasteiger partial charge in [-0.2, -0.15) is 0 Å². The van der Waals surface area contributed by atoms with Crippen molar-refractivity contribution < 1.29 is 13.9 Å². The number of hydrogen-bond donors (Lipinski definition) is 2. The topological polar surface area (TPSA) is 68.3 Å². The molecule has 23 heavy (non-hydrogen) atoms. The van der Waals surface area contributed by atoms with Gasteiger partial charge in [0, 0.05) is 28.6 Å². The molecule has 0 radical (unpaired) electrons. The van der Waals surface area contributed by atoms with Crippen LogP contribution in [0.5, 0.6) is 11.5 Å². The maximum Gasteiger partial charge on any atom is 0.173 e. The highest BCUT2D eigenvalue weighted by Gasteiger charge is 2.15. The van der Waals surface area contributed by atoms with Gasteiger partial charge in [0.25, 0.3) is 0 Å². The molecule has 0 fully saturated rings. The smallest absolute Gasteiger partial charge is 0.173 e. The number of rotatable bonds is 4. The fraction of sp³-hybridized carbons (Fsp3) is 0.278. The van der Waals surface area contributed by atoms with Crippen molar-refractivity contribution in [2.75, 3.05) is 20.0 Å². The first-order valence-electron chi connectivity index (χ1n) is 7.35. The number of halogens is 1. The van der Waals surface area contributed by atoms with Crippen LogP contribution in [0.3, 0.4) is 0 Å². The van der Waals surface area contributed by atoms with Gasteiger partial charge >= 0.3 is 0 Å². The van der Waals surface area contributed by atoms with E-state index < -0.39 is 5.82 Å². The van der Waals surface area contributed by atoms with Gasteiger partial charge in [0.15, 0.2) is 11.6 Å². The Kier molecular flexibility index (Phi) is 6.57. The second-order valence-electron chi connectivity index (χ2n) is 4.62. The van der Waals surface area contributed by atoms with Gasteiger partial charge in [-0.15, -0.1) is 0 Å². The Bertz CT molecular complexity index is 700. The van der Waals surface area contributed by atoms with Gasteiger partial charge in [-0.1, -0.05) is 26.0 Å². The van der Waals surface area contributed by atoms with Crippen molar-refractivity contribution in [3.63, 3.8) is 0 Å². The quantitative estimate of drug-likeness (QED) is 0.644. The highest BCUT2D eigenvalue weighted by molar-refractivity contribution is 6.01. The Balaban J connectivity index is 0.00000127. The van der Waals surface area contributed by atoms with Crippen LogP contribution >= 0.6 is 0 Å². The van der Waals surface area contributed by atoms with Crippen LogP contribution in [0.25, 0.3) is 11.1 Å². The van der Waals surface area contributed by atoms with Crippen LogP contribution < -0.4 is 15.2 Å². The Hall–Kier alpha value is -2.56. The summed E-state index contributed by atoms with van der Waals surface area (Å²) in [6.07, 6.45) is 0. The highest BCUT2D eigenvalue weighted by Crippen LogP contribution is 2.35. The highest BCUT2D eigenvalue weighted by atomic mass is 19.1. The molecule has 0 unspecified atom stereocenters. The van der Waals surface area contributed by atoms with Crippen LogP contribution in [0.15, 0.2) is 30.3 Å². The summed E-state index contributed by atoms with van der Waals surface area (Å²) in [6.45, 7) is 5.65. The molecule has 124 valence electrons. The minimum Gasteiger partial charge on any atom is -0.497 e. The van der Waals surface area contributed by atoms with Gasteiger partial charge < -0.3 is 20.6 Å². The number of nitrogen functional groups attached to an aromatic ring is 1. The van der Waals surface area contributed by atoms with Gasteiger partial charge in [0.05, 0.1) is 14.2 Å². The lowest BCUT2D eigenvalue weighted by Crippen LogP contribution is -2.00. The average Bonchev–Trinajstić information content (AvgIpc) is 2.56. The van der Waals surface area contributed by atoms with E-state index in [4.69, 9.17) is 20.6 Å². The lowest BCUT2D eigenvalue weighted by atomic mass is 9.99. The molecule has 0 saturated heterocycles. The molecule has 2 aromatic carbocycles. The summed E-state index contributed by atoms with van der Waals surface area (Å²) in [5.41, 5.74) is 8.30. The zero-order chi connectivity index (χ0) is 17.6. The maximum atomic E-state index is 14.4. The van der Waals surface area contributed by atoms with E-state index in [0.29, 0.717) is 33.8 Å². The largest absolute Gasteiger partial charge is 0.497 e. The molecule has 2 rings (SSSR count). The van der Waals surface area contributed by atoms with Crippen LogP contribution in [0.1, 0.15) is 26.3 Å². The predicted molar refractivity (Wildman–Crippen MR) is 93.2 cm³/mol. The Labute approximate surface area is 136 Å². The van der Waals surface area contributed by atoms with Gasteiger partial charge in [-0.25, -0.2) is 4.39 Å². The molecule has 2 aromatic rings. The summed E-state index contributed by atoms with van der Waals surface area (Å²) in [5.74, 6) is 0.126. The predicted octanol–water partition coefficient (Wildman–Crippen LogP) is 4.51. The van der Waals surface area contributed by atoms with Gasteiger partial charge in [0.2, 0.25) is 0 Å². The normalized spacial score (nSPS) is 9.65. The van der Waals surface area contributed by atoms with Gasteiger partial charge in [0.1, 0.15) is 5.75 Å². The van der Waals surface area contributed by atoms with Crippen LogP contribution in [0.2, 0.25) is 0 Å². The molecule has 0 spiro atoms. The number of hydrogen-bond acceptors (Lipinski definition) is 4. The first-order valence-corrected chi connectivity index (χ1v) is 7.35. The number of methoxy groups -OCH3 is 2. The van der Waals surface area contributed by atoms with Crippen molar-refractivity contribution >= 4 is 11.4 Å². The summed E-state index contributed by atoms with van der Waals surface area (Å²) >= 11 is 0. The molecule has 0 amide bonds. The molecular weight excluding hydrogens is 295 g/mol. The van der Waals surface area contributed by atoms with E-state index in [2.05, 4.69) is 0 Å². The zero-order valence-electron chi connectivity index (χ0n) is 14.2. The second-order valence-corrected chi connectivity index (χ2v) is 4.62. The molecule has 0 aliphatic heterocycles. The number of ether oxygens (including phenoxy) is 2. The molecule has 0 aliphatic carbocycles. The summed E-state index contributed by atoms with van der Waals surface area (Å²) in [4.78, 5) is 0. The summed E-state index contributed by atoms with van der Waals surface area (Å²) in [5, 5.41) is 7.63. The minimum atomic E-state index is -0.475. The molecule has 0 aromatic heterocycles. The Morgan fingerprint density at radius 3 is 2.22 bits per heavy atom. The average molecular weight is 318 g/mol. The molecule has 0 heterocycles. The number of anilines is 1. The van der Waals surface area contributed by atoms with E-state index in [9.17, 15) is 4.39 Å². The van der Waals surface area contributed by atoms with Crippen LogP contribution in [-0.2, 0) is 0 Å². The summed E-state index contributed by atoms with van der Waals surface area (Å²) in [6, 6.07) is 8.14. The lowest BCUT2D eigenvalue weighted by molar-refractivity contribution is 0.375. The number of nitrogens with two attached hydrogens (primary N) is 1. The molecule has 4 nitrogen and oxygen atoms in total. The van der Waals surface area contributed by atoms with E-state index >= 15 is 0 Å². The van der Waals surface area contributed by atoms with Crippen molar-refractivity contribution in [2.24, 2.45) is 0 Å². The van der Waals surface area contributed by atoms with Crippen molar-refractivity contribution in [1.82, 2.24) is 0 Å². The van der Waals surface area contributed by atoms with Gasteiger partial charge in [-0.3, -0.25) is 0 Å². The molecule has 0 aliphatic rings. The number of benzene rings is 2. The van der Waals surface area contributed by atoms with E-state index in [1.807, 2.05) is 13.8 Å². The van der Waals surface area contributed by atoms with Crippen molar-refractivity contribution in [3.8, 4) is 22.6 Å². The zero-order valence-corrected chi connectivity index (χ0v) is 14.2. The molecule has 0 atom stereocenters. The van der Waals surface area contributed by atoms with E-state index in [1.165, 1.54) is 20.3 Å². The van der Waals surface area contributed by atoms with Gasteiger partial charge in [-0.05, 0) is 24.6 Å². The molecule has 0 saturated carbocycles. The van der Waals surface area contributed by atoms with Crippen LogP contribution in [0, 0.1) is 11.2 Å². The second kappa shape index (κ2) is 8.17. The van der Waals surface area contributed by atoms with E-state index in [1.54, 1.807) is 31.2 Å². The van der Waals surface area contributed by atoms with Crippen molar-refractivity contribution in [3.05, 3.63) is 41.7 Å². The monoisotopic (exact) mass is 318 g/mol. The van der Waals surface area contributed by atoms with Crippen LogP contribution in [-0.4, -0.2) is 19.9 Å². The summed E-state index contributed by atoms with van der Waals surface area (Å²) < 4.78 is 24.6.